The van der Waals surface area contributed by atoms with E-state index in [9.17, 15) is 9.59 Å². The van der Waals surface area contributed by atoms with E-state index < -0.39 is 0 Å². The number of rotatable bonds is 9. The molecule has 0 heterocycles. The van der Waals surface area contributed by atoms with Crippen LogP contribution in [-0.2, 0) is 4.79 Å². The fraction of sp³-hybridized carbons (Fsp3) is 0.217. The van der Waals surface area contributed by atoms with Crippen LogP contribution >= 0.6 is 0 Å². The van der Waals surface area contributed by atoms with Gasteiger partial charge >= 0.3 is 0 Å². The minimum atomic E-state index is -0.252. The number of carbonyl (C=O) groups excluding carboxylic acids is 2. The van der Waals surface area contributed by atoms with E-state index in [0.717, 1.165) is 16.5 Å². The van der Waals surface area contributed by atoms with Gasteiger partial charge in [0.25, 0.3) is 11.8 Å². The Morgan fingerprint density at radius 2 is 1.45 bits per heavy atom. The summed E-state index contributed by atoms with van der Waals surface area (Å²) >= 11 is 0. The average molecular weight is 392 g/mol. The molecule has 2 amide bonds. The standard InChI is InChI=1S/C23H24N2O4/c1-2-28-18-10-12-19(13-11-18)29-16-22(26)24-14-15-25-23(27)21-9-5-7-17-6-3-4-8-20(17)21/h3-13H,2,14-16H2,1H3,(H,24,26)(H,25,27). The first-order chi connectivity index (χ1) is 14.2. The lowest BCUT2D eigenvalue weighted by Crippen LogP contribution is -2.36. The van der Waals surface area contributed by atoms with Gasteiger partial charge in [-0.05, 0) is 48.0 Å². The van der Waals surface area contributed by atoms with Gasteiger partial charge in [-0.1, -0.05) is 36.4 Å². The molecule has 3 aromatic rings. The van der Waals surface area contributed by atoms with Crippen molar-refractivity contribution in [3.63, 3.8) is 0 Å². The first-order valence-electron chi connectivity index (χ1n) is 9.55. The summed E-state index contributed by atoms with van der Waals surface area (Å²) in [7, 11) is 0. The first kappa shape index (κ1) is 20.2. The lowest BCUT2D eigenvalue weighted by molar-refractivity contribution is -0.123. The lowest BCUT2D eigenvalue weighted by atomic mass is 10.0. The molecule has 0 radical (unpaired) electrons. The molecule has 0 saturated carbocycles. The molecule has 6 nitrogen and oxygen atoms in total. The zero-order chi connectivity index (χ0) is 20.5. The van der Waals surface area contributed by atoms with Crippen molar-refractivity contribution in [2.75, 3.05) is 26.3 Å². The number of nitrogens with one attached hydrogen (secondary N) is 2. The molecule has 3 rings (SSSR count). The van der Waals surface area contributed by atoms with E-state index >= 15 is 0 Å². The van der Waals surface area contributed by atoms with Crippen LogP contribution in [0.4, 0.5) is 0 Å². The van der Waals surface area contributed by atoms with Crippen molar-refractivity contribution in [3.8, 4) is 11.5 Å². The molecule has 0 atom stereocenters. The molecule has 0 spiro atoms. The number of hydrogen-bond donors (Lipinski definition) is 2. The number of hydrogen-bond acceptors (Lipinski definition) is 4. The van der Waals surface area contributed by atoms with E-state index in [0.29, 0.717) is 31.0 Å². The predicted octanol–water partition coefficient (Wildman–Crippen LogP) is 3.16. The van der Waals surface area contributed by atoms with Crippen LogP contribution in [-0.4, -0.2) is 38.1 Å². The Morgan fingerprint density at radius 1 is 0.793 bits per heavy atom. The molecule has 3 aromatic carbocycles. The molecule has 0 aliphatic carbocycles. The van der Waals surface area contributed by atoms with Crippen LogP contribution in [0, 0.1) is 0 Å². The topological polar surface area (TPSA) is 76.7 Å². The van der Waals surface area contributed by atoms with Crippen LogP contribution < -0.4 is 20.1 Å². The highest BCUT2D eigenvalue weighted by Crippen LogP contribution is 2.18. The Bertz CT molecular complexity index is 965. The second-order valence-corrected chi connectivity index (χ2v) is 6.33. The lowest BCUT2D eigenvalue weighted by Gasteiger charge is -2.10. The van der Waals surface area contributed by atoms with Gasteiger partial charge in [0, 0.05) is 18.7 Å². The maximum Gasteiger partial charge on any atom is 0.258 e. The van der Waals surface area contributed by atoms with E-state index in [-0.39, 0.29) is 18.4 Å². The van der Waals surface area contributed by atoms with Crippen molar-refractivity contribution in [2.45, 2.75) is 6.92 Å². The molecule has 0 aliphatic rings. The summed E-state index contributed by atoms with van der Waals surface area (Å²) < 4.78 is 10.8. The summed E-state index contributed by atoms with van der Waals surface area (Å²) in [5.74, 6) is 0.930. The quantitative estimate of drug-likeness (QED) is 0.549. The summed E-state index contributed by atoms with van der Waals surface area (Å²) in [5, 5.41) is 7.47. The fourth-order valence-electron chi connectivity index (χ4n) is 2.90. The number of carbonyl (C=O) groups is 2. The van der Waals surface area contributed by atoms with Crippen molar-refractivity contribution in [2.24, 2.45) is 0 Å². The highest BCUT2D eigenvalue weighted by Gasteiger charge is 2.09. The van der Waals surface area contributed by atoms with Gasteiger partial charge in [0.05, 0.1) is 6.61 Å². The van der Waals surface area contributed by atoms with Gasteiger partial charge in [0.2, 0.25) is 0 Å². The Kier molecular flexibility index (Phi) is 7.05. The Hall–Kier alpha value is -3.54. The number of benzene rings is 3. The Morgan fingerprint density at radius 3 is 2.21 bits per heavy atom. The smallest absolute Gasteiger partial charge is 0.258 e. The van der Waals surface area contributed by atoms with E-state index in [1.807, 2.05) is 43.3 Å². The molecular weight excluding hydrogens is 368 g/mol. The van der Waals surface area contributed by atoms with Gasteiger partial charge in [-0.25, -0.2) is 0 Å². The maximum atomic E-state index is 12.4. The molecular formula is C23H24N2O4. The Labute approximate surface area is 169 Å². The highest BCUT2D eigenvalue weighted by molar-refractivity contribution is 6.07. The summed E-state index contributed by atoms with van der Waals surface area (Å²) in [6, 6.07) is 20.4. The van der Waals surface area contributed by atoms with Gasteiger partial charge in [-0.2, -0.15) is 0 Å². The second kappa shape index (κ2) is 10.1. The second-order valence-electron chi connectivity index (χ2n) is 6.33. The summed E-state index contributed by atoms with van der Waals surface area (Å²) in [5.41, 5.74) is 0.619. The third-order valence-electron chi connectivity index (χ3n) is 4.27. The van der Waals surface area contributed by atoms with Crippen LogP contribution in [0.2, 0.25) is 0 Å². The number of ether oxygens (including phenoxy) is 2. The normalized spacial score (nSPS) is 10.4. The molecule has 6 heteroatoms. The molecule has 150 valence electrons. The molecule has 0 fully saturated rings. The molecule has 0 aromatic heterocycles. The van der Waals surface area contributed by atoms with Crippen molar-refractivity contribution in [1.82, 2.24) is 10.6 Å². The highest BCUT2D eigenvalue weighted by atomic mass is 16.5. The first-order valence-corrected chi connectivity index (χ1v) is 9.55. The summed E-state index contributed by atoms with van der Waals surface area (Å²) in [6.07, 6.45) is 0. The third kappa shape index (κ3) is 5.72. The van der Waals surface area contributed by atoms with Gasteiger partial charge in [0.1, 0.15) is 11.5 Å². The summed E-state index contributed by atoms with van der Waals surface area (Å²) in [6.45, 7) is 3.07. The van der Waals surface area contributed by atoms with Crippen molar-refractivity contribution >= 4 is 22.6 Å². The third-order valence-corrected chi connectivity index (χ3v) is 4.27. The summed E-state index contributed by atoms with van der Waals surface area (Å²) in [4.78, 5) is 24.3. The van der Waals surface area contributed by atoms with Gasteiger partial charge < -0.3 is 20.1 Å². The van der Waals surface area contributed by atoms with Gasteiger partial charge in [-0.15, -0.1) is 0 Å². The maximum absolute atomic E-state index is 12.4. The minimum Gasteiger partial charge on any atom is -0.494 e. The number of amides is 2. The van der Waals surface area contributed by atoms with Crippen molar-refractivity contribution in [1.29, 1.82) is 0 Å². The van der Waals surface area contributed by atoms with Gasteiger partial charge in [0.15, 0.2) is 6.61 Å². The van der Waals surface area contributed by atoms with E-state index in [1.54, 1.807) is 30.3 Å². The predicted molar refractivity (Wildman–Crippen MR) is 112 cm³/mol. The minimum absolute atomic E-state index is 0.0920. The number of fused-ring (bicyclic) bond motifs is 1. The van der Waals surface area contributed by atoms with E-state index in [4.69, 9.17) is 9.47 Å². The molecule has 29 heavy (non-hydrogen) atoms. The van der Waals surface area contributed by atoms with Gasteiger partial charge in [-0.3, -0.25) is 9.59 Å². The van der Waals surface area contributed by atoms with Crippen LogP contribution in [0.3, 0.4) is 0 Å². The molecule has 2 N–H and O–H groups in total. The van der Waals surface area contributed by atoms with E-state index in [1.165, 1.54) is 0 Å². The van der Waals surface area contributed by atoms with E-state index in [2.05, 4.69) is 10.6 Å². The van der Waals surface area contributed by atoms with Crippen molar-refractivity contribution < 1.29 is 19.1 Å². The molecule has 0 saturated heterocycles. The zero-order valence-corrected chi connectivity index (χ0v) is 16.3. The van der Waals surface area contributed by atoms with Crippen LogP contribution in [0.15, 0.2) is 66.7 Å². The molecule has 0 bridgehead atoms. The monoisotopic (exact) mass is 392 g/mol. The van der Waals surface area contributed by atoms with Crippen LogP contribution in [0.5, 0.6) is 11.5 Å². The molecule has 0 aliphatic heterocycles. The average Bonchev–Trinajstić information content (AvgIpc) is 2.76. The van der Waals surface area contributed by atoms with Crippen LogP contribution in [0.1, 0.15) is 17.3 Å². The largest absolute Gasteiger partial charge is 0.494 e. The Balaban J connectivity index is 1.39. The van der Waals surface area contributed by atoms with Crippen molar-refractivity contribution in [3.05, 3.63) is 72.3 Å². The fourth-order valence-corrected chi connectivity index (χ4v) is 2.90. The molecule has 0 unspecified atom stereocenters. The van der Waals surface area contributed by atoms with Crippen LogP contribution in [0.25, 0.3) is 10.8 Å². The SMILES string of the molecule is CCOc1ccc(OCC(=O)NCCNC(=O)c2cccc3ccccc23)cc1. The zero-order valence-electron chi connectivity index (χ0n) is 16.3.